The van der Waals surface area contributed by atoms with Gasteiger partial charge in [0.15, 0.2) is 0 Å². The van der Waals surface area contributed by atoms with Crippen LogP contribution in [-0.4, -0.2) is 31.2 Å². The highest BCUT2D eigenvalue weighted by Gasteiger charge is 1.94. The van der Waals surface area contributed by atoms with Crippen LogP contribution in [0.2, 0.25) is 0 Å². The first-order chi connectivity index (χ1) is 10.6. The van der Waals surface area contributed by atoms with Crippen LogP contribution in [-0.2, 0) is 0 Å². The molecule has 1 N–H and O–H groups in total. The number of hydrogen-bond acceptors (Lipinski definition) is 3. The summed E-state index contributed by atoms with van der Waals surface area (Å²) in [6.07, 6.45) is 3.19. The number of rotatable bonds is 6. The molecule has 0 heterocycles. The molecule has 0 saturated heterocycles. The lowest BCUT2D eigenvalue weighted by molar-refractivity contribution is 0.627. The van der Waals surface area contributed by atoms with Gasteiger partial charge in [-0.2, -0.15) is 0 Å². The molecule has 120 valence electrons. The van der Waals surface area contributed by atoms with E-state index in [9.17, 15) is 8.78 Å². The molecule has 6 heteroatoms. The molecule has 0 saturated carbocycles. The molecule has 0 bridgehead atoms. The molecule has 0 aromatic heterocycles. The number of aliphatic imine (C=N–C) groups is 2. The maximum Gasteiger partial charge on any atom is 0.123 e. The third kappa shape index (κ3) is 6.93. The van der Waals surface area contributed by atoms with Gasteiger partial charge in [-0.3, -0.25) is 9.98 Å². The largest absolute Gasteiger partial charge is 0.306 e. The fraction of sp³-hybridized carbons (Fsp3) is 0.118. The molecule has 0 fully saturated rings. The molecule has 0 atom stereocenters. The molecule has 2 aromatic carbocycles. The Morgan fingerprint density at radius 2 is 1.13 bits per heavy atom. The van der Waals surface area contributed by atoms with E-state index in [0.717, 1.165) is 11.1 Å². The Morgan fingerprint density at radius 1 is 0.783 bits per heavy atom. The van der Waals surface area contributed by atoms with E-state index in [1.165, 1.54) is 24.3 Å². The van der Waals surface area contributed by atoms with E-state index in [-0.39, 0.29) is 37.1 Å². The molecular formula is C17H16ClF2N3. The summed E-state index contributed by atoms with van der Waals surface area (Å²) in [5.74, 6) is -0.583. The van der Waals surface area contributed by atoms with Gasteiger partial charge >= 0.3 is 0 Å². The van der Waals surface area contributed by atoms with Gasteiger partial charge in [0.25, 0.3) is 0 Å². The lowest BCUT2D eigenvalue weighted by Gasteiger charge is -1.97. The number of nitrogens with zero attached hydrogens (tertiary/aromatic N) is 2. The summed E-state index contributed by atoms with van der Waals surface area (Å²) in [4.78, 5) is 8.23. The first kappa shape index (κ1) is 18.6. The van der Waals surface area contributed by atoms with Crippen LogP contribution in [0.3, 0.4) is 0 Å². The lowest BCUT2D eigenvalue weighted by atomic mass is 10.2. The second kappa shape index (κ2) is 9.58. The quantitative estimate of drug-likeness (QED) is 0.777. The van der Waals surface area contributed by atoms with Gasteiger partial charge in [0.1, 0.15) is 11.6 Å². The van der Waals surface area contributed by atoms with Gasteiger partial charge in [0.2, 0.25) is 0 Å². The van der Waals surface area contributed by atoms with Crippen LogP contribution in [0, 0.1) is 17.0 Å². The van der Waals surface area contributed by atoms with E-state index in [1.807, 2.05) is 0 Å². The Morgan fingerprint density at radius 3 is 1.48 bits per heavy atom. The first-order valence-electron chi connectivity index (χ1n) is 6.70. The summed E-state index contributed by atoms with van der Waals surface area (Å²) in [6.45, 7) is 0.469. The SMILES string of the molecule is Cl.N=C(CN=Cc1ccc(F)cc1)CN=Cc1ccc(F)cc1. The summed E-state index contributed by atoms with van der Waals surface area (Å²) < 4.78 is 25.4. The zero-order chi connectivity index (χ0) is 15.8. The van der Waals surface area contributed by atoms with E-state index in [2.05, 4.69) is 9.98 Å². The van der Waals surface area contributed by atoms with Crippen molar-refractivity contribution in [1.82, 2.24) is 0 Å². The van der Waals surface area contributed by atoms with Crippen molar-refractivity contribution >= 4 is 30.5 Å². The van der Waals surface area contributed by atoms with Gasteiger partial charge in [-0.05, 0) is 35.4 Å². The van der Waals surface area contributed by atoms with E-state index >= 15 is 0 Å². The Bertz CT molecular complexity index is 620. The summed E-state index contributed by atoms with van der Waals surface area (Å²) in [5.41, 5.74) is 1.92. The maximum atomic E-state index is 12.7. The van der Waals surface area contributed by atoms with Crippen molar-refractivity contribution in [1.29, 1.82) is 5.41 Å². The Labute approximate surface area is 139 Å². The van der Waals surface area contributed by atoms with Gasteiger partial charge in [-0.25, -0.2) is 8.78 Å². The minimum atomic E-state index is -0.292. The highest BCUT2D eigenvalue weighted by atomic mass is 35.5. The molecule has 2 rings (SSSR count). The molecule has 0 radical (unpaired) electrons. The first-order valence-corrected chi connectivity index (χ1v) is 6.70. The summed E-state index contributed by atoms with van der Waals surface area (Å²) >= 11 is 0. The Hall–Kier alpha value is -2.40. The Kier molecular flexibility index (Phi) is 7.77. The number of hydrogen-bond donors (Lipinski definition) is 1. The van der Waals surface area contributed by atoms with E-state index in [4.69, 9.17) is 5.41 Å². The highest BCUT2D eigenvalue weighted by Crippen LogP contribution is 2.01. The van der Waals surface area contributed by atoms with Crippen molar-refractivity contribution in [3.8, 4) is 0 Å². The predicted octanol–water partition coefficient (Wildman–Crippen LogP) is 3.94. The molecule has 0 unspecified atom stereocenters. The monoisotopic (exact) mass is 335 g/mol. The zero-order valence-electron chi connectivity index (χ0n) is 12.2. The van der Waals surface area contributed by atoms with Crippen molar-refractivity contribution in [2.45, 2.75) is 0 Å². The van der Waals surface area contributed by atoms with E-state index in [1.54, 1.807) is 36.7 Å². The molecular weight excluding hydrogens is 320 g/mol. The second-order valence-electron chi connectivity index (χ2n) is 4.65. The van der Waals surface area contributed by atoms with Crippen LogP contribution in [0.25, 0.3) is 0 Å². The van der Waals surface area contributed by atoms with Crippen LogP contribution in [0.1, 0.15) is 11.1 Å². The van der Waals surface area contributed by atoms with Gasteiger partial charge in [0, 0.05) is 12.4 Å². The summed E-state index contributed by atoms with van der Waals surface area (Å²) in [5, 5.41) is 7.74. The normalized spacial score (nSPS) is 10.9. The van der Waals surface area contributed by atoms with Crippen LogP contribution in [0.5, 0.6) is 0 Å². The number of halogens is 3. The van der Waals surface area contributed by atoms with Gasteiger partial charge in [-0.1, -0.05) is 24.3 Å². The molecule has 0 spiro atoms. The van der Waals surface area contributed by atoms with Crippen LogP contribution in [0.15, 0.2) is 58.5 Å². The molecule has 3 nitrogen and oxygen atoms in total. The minimum Gasteiger partial charge on any atom is -0.306 e. The van der Waals surface area contributed by atoms with Gasteiger partial charge < -0.3 is 5.41 Å². The van der Waals surface area contributed by atoms with Crippen molar-refractivity contribution in [3.63, 3.8) is 0 Å². The topological polar surface area (TPSA) is 48.6 Å². The molecule has 2 aromatic rings. The van der Waals surface area contributed by atoms with Gasteiger partial charge in [-0.15, -0.1) is 12.4 Å². The van der Waals surface area contributed by atoms with Crippen LogP contribution in [0.4, 0.5) is 8.78 Å². The smallest absolute Gasteiger partial charge is 0.123 e. The number of nitrogens with one attached hydrogen (secondary N) is 1. The third-order valence-corrected chi connectivity index (χ3v) is 2.79. The van der Waals surface area contributed by atoms with Crippen LogP contribution < -0.4 is 0 Å². The van der Waals surface area contributed by atoms with Crippen molar-refractivity contribution in [3.05, 3.63) is 71.3 Å². The third-order valence-electron chi connectivity index (χ3n) is 2.79. The summed E-state index contributed by atoms with van der Waals surface area (Å²) in [6, 6.07) is 11.9. The molecule has 0 aliphatic carbocycles. The molecule has 0 amide bonds. The fourth-order valence-corrected chi connectivity index (χ4v) is 1.67. The lowest BCUT2D eigenvalue weighted by Crippen LogP contribution is -2.06. The van der Waals surface area contributed by atoms with Crippen LogP contribution >= 0.6 is 12.4 Å². The number of benzene rings is 2. The standard InChI is InChI=1S/C17H15F2N3.ClH/c18-15-5-1-13(2-6-15)9-21-11-17(20)12-22-10-14-3-7-16(19)8-4-14;/h1-10,20H,11-12H2;1H. The maximum absolute atomic E-state index is 12.7. The van der Waals surface area contributed by atoms with Crippen molar-refractivity contribution < 1.29 is 8.78 Å². The zero-order valence-corrected chi connectivity index (χ0v) is 13.1. The summed E-state index contributed by atoms with van der Waals surface area (Å²) in [7, 11) is 0. The van der Waals surface area contributed by atoms with Gasteiger partial charge in [0.05, 0.1) is 18.8 Å². The van der Waals surface area contributed by atoms with E-state index in [0.29, 0.717) is 5.71 Å². The average Bonchev–Trinajstić information content (AvgIpc) is 2.51. The molecule has 0 aliphatic rings. The van der Waals surface area contributed by atoms with Crippen molar-refractivity contribution in [2.24, 2.45) is 9.98 Å². The highest BCUT2D eigenvalue weighted by molar-refractivity contribution is 5.90. The average molecular weight is 336 g/mol. The van der Waals surface area contributed by atoms with Crippen molar-refractivity contribution in [2.75, 3.05) is 13.1 Å². The predicted molar refractivity (Wildman–Crippen MR) is 92.7 cm³/mol. The molecule has 0 aliphatic heterocycles. The molecule has 23 heavy (non-hydrogen) atoms. The Balaban J connectivity index is 0.00000264. The minimum absolute atomic E-state index is 0. The fourth-order valence-electron chi connectivity index (χ4n) is 1.67. The second-order valence-corrected chi connectivity index (χ2v) is 4.65. The van der Waals surface area contributed by atoms with E-state index < -0.39 is 0 Å².